The highest BCUT2D eigenvalue weighted by molar-refractivity contribution is 7.92. The third kappa shape index (κ3) is 5.30. The van der Waals surface area contributed by atoms with Gasteiger partial charge in [-0.1, -0.05) is 18.7 Å². The Kier molecular flexibility index (Phi) is 7.29. The normalized spacial score (nSPS) is 10.9. The summed E-state index contributed by atoms with van der Waals surface area (Å²) in [7, 11) is -1.73. The number of nitriles is 1. The standard InChI is InChI=1S/C22H27N3O3S/c1-6-25(22-15-20(28-5)10-8-18(22)12-13-23)17(4)19-9-11-21(16(3)14-19)24-29(26,27)7-2/h8-11,14-15,24H,4,6-7,12H2,1-3,5H3. The van der Waals surface area contributed by atoms with E-state index in [9.17, 15) is 13.7 Å². The molecule has 2 rings (SSSR count). The van der Waals surface area contributed by atoms with Gasteiger partial charge in [0.15, 0.2) is 0 Å². The second kappa shape index (κ2) is 9.48. The van der Waals surface area contributed by atoms with Crippen molar-refractivity contribution in [2.75, 3.05) is 29.0 Å². The molecular formula is C22H27N3O3S. The Balaban J connectivity index is 2.42. The molecule has 0 fully saturated rings. The van der Waals surface area contributed by atoms with Gasteiger partial charge in [0.25, 0.3) is 0 Å². The van der Waals surface area contributed by atoms with E-state index in [1.54, 1.807) is 20.1 Å². The molecule has 154 valence electrons. The summed E-state index contributed by atoms with van der Waals surface area (Å²) in [4.78, 5) is 2.03. The van der Waals surface area contributed by atoms with Gasteiger partial charge in [-0.05, 0) is 55.7 Å². The van der Waals surface area contributed by atoms with E-state index < -0.39 is 10.0 Å². The molecule has 0 aromatic heterocycles. The van der Waals surface area contributed by atoms with Crippen molar-refractivity contribution in [3.8, 4) is 11.8 Å². The molecule has 0 spiro atoms. The molecule has 7 heteroatoms. The maximum Gasteiger partial charge on any atom is 0.232 e. The summed E-state index contributed by atoms with van der Waals surface area (Å²) in [6, 6.07) is 13.3. The Morgan fingerprint density at radius 1 is 1.24 bits per heavy atom. The van der Waals surface area contributed by atoms with Crippen molar-refractivity contribution >= 4 is 27.1 Å². The number of nitrogens with one attached hydrogen (secondary N) is 1. The lowest BCUT2D eigenvalue weighted by atomic mass is 10.0. The number of benzene rings is 2. The summed E-state index contributed by atoms with van der Waals surface area (Å²) in [6.07, 6.45) is 0.278. The van der Waals surface area contributed by atoms with E-state index in [0.717, 1.165) is 28.1 Å². The molecule has 29 heavy (non-hydrogen) atoms. The highest BCUT2D eigenvalue weighted by Crippen LogP contribution is 2.33. The molecule has 0 aliphatic rings. The van der Waals surface area contributed by atoms with Gasteiger partial charge in [0.2, 0.25) is 10.0 Å². The molecule has 0 unspecified atom stereocenters. The minimum absolute atomic E-state index is 0.0159. The van der Waals surface area contributed by atoms with E-state index in [0.29, 0.717) is 18.0 Å². The Morgan fingerprint density at radius 2 is 1.97 bits per heavy atom. The lowest BCUT2D eigenvalue weighted by molar-refractivity contribution is 0.415. The number of anilines is 2. The van der Waals surface area contributed by atoms with E-state index in [2.05, 4.69) is 17.4 Å². The highest BCUT2D eigenvalue weighted by Gasteiger charge is 2.17. The predicted octanol–water partition coefficient (Wildman–Crippen LogP) is 4.33. The molecule has 0 heterocycles. The third-order valence-electron chi connectivity index (χ3n) is 4.70. The van der Waals surface area contributed by atoms with Crippen LogP contribution >= 0.6 is 0 Å². The van der Waals surface area contributed by atoms with Crippen LogP contribution in [-0.4, -0.2) is 27.8 Å². The zero-order chi connectivity index (χ0) is 21.6. The number of hydrogen-bond acceptors (Lipinski definition) is 5. The number of nitrogens with zero attached hydrogens (tertiary/aromatic N) is 2. The molecule has 2 aromatic rings. The van der Waals surface area contributed by atoms with Crippen LogP contribution in [0.15, 0.2) is 43.0 Å². The van der Waals surface area contributed by atoms with Crippen molar-refractivity contribution in [3.05, 3.63) is 59.7 Å². The summed E-state index contributed by atoms with van der Waals surface area (Å²) in [5.74, 6) is 0.718. The van der Waals surface area contributed by atoms with Crippen molar-refractivity contribution < 1.29 is 13.2 Å². The molecular weight excluding hydrogens is 386 g/mol. The fraction of sp³-hybridized carbons (Fsp3) is 0.318. The maximum absolute atomic E-state index is 11.9. The van der Waals surface area contributed by atoms with Crippen LogP contribution < -0.4 is 14.4 Å². The van der Waals surface area contributed by atoms with Crippen molar-refractivity contribution in [2.45, 2.75) is 27.2 Å². The number of methoxy groups -OCH3 is 1. The van der Waals surface area contributed by atoms with Crippen molar-refractivity contribution in [1.82, 2.24) is 0 Å². The maximum atomic E-state index is 11.9. The van der Waals surface area contributed by atoms with Crippen molar-refractivity contribution in [3.63, 3.8) is 0 Å². The van der Waals surface area contributed by atoms with E-state index in [1.807, 2.05) is 49.1 Å². The van der Waals surface area contributed by atoms with Gasteiger partial charge >= 0.3 is 0 Å². The van der Waals surface area contributed by atoms with Gasteiger partial charge in [-0.3, -0.25) is 4.72 Å². The van der Waals surface area contributed by atoms with Gasteiger partial charge in [0.05, 0.1) is 31.0 Å². The van der Waals surface area contributed by atoms with Gasteiger partial charge in [0.1, 0.15) is 5.75 Å². The third-order valence-corrected chi connectivity index (χ3v) is 5.99. The summed E-state index contributed by atoms with van der Waals surface area (Å²) in [6.45, 7) is 10.4. The minimum Gasteiger partial charge on any atom is -0.497 e. The van der Waals surface area contributed by atoms with Gasteiger partial charge in [-0.25, -0.2) is 8.42 Å². The highest BCUT2D eigenvalue weighted by atomic mass is 32.2. The molecule has 0 saturated heterocycles. The molecule has 0 saturated carbocycles. The largest absolute Gasteiger partial charge is 0.497 e. The Morgan fingerprint density at radius 3 is 2.52 bits per heavy atom. The first-order chi connectivity index (χ1) is 13.8. The second-order valence-corrected chi connectivity index (χ2v) is 8.57. The average Bonchev–Trinajstić information content (AvgIpc) is 2.71. The summed E-state index contributed by atoms with van der Waals surface area (Å²) in [5.41, 5.74) is 4.74. The number of ether oxygens (including phenoxy) is 1. The smallest absolute Gasteiger partial charge is 0.232 e. The van der Waals surface area contributed by atoms with Crippen LogP contribution in [0.25, 0.3) is 5.70 Å². The van der Waals surface area contributed by atoms with E-state index in [-0.39, 0.29) is 12.2 Å². The van der Waals surface area contributed by atoms with Crippen LogP contribution in [0.4, 0.5) is 11.4 Å². The number of sulfonamides is 1. The summed E-state index contributed by atoms with van der Waals surface area (Å²) in [5, 5.41) is 9.18. The van der Waals surface area contributed by atoms with Crippen LogP contribution in [0.3, 0.4) is 0 Å². The number of aryl methyl sites for hydroxylation is 1. The van der Waals surface area contributed by atoms with E-state index in [4.69, 9.17) is 4.74 Å². The van der Waals surface area contributed by atoms with E-state index in [1.165, 1.54) is 0 Å². The monoisotopic (exact) mass is 413 g/mol. The fourth-order valence-electron chi connectivity index (χ4n) is 3.02. The van der Waals surface area contributed by atoms with Gasteiger partial charge < -0.3 is 9.64 Å². The van der Waals surface area contributed by atoms with Crippen LogP contribution in [-0.2, 0) is 16.4 Å². The zero-order valence-electron chi connectivity index (χ0n) is 17.3. The molecule has 0 radical (unpaired) electrons. The van der Waals surface area contributed by atoms with Crippen molar-refractivity contribution in [2.24, 2.45) is 0 Å². The lowest BCUT2D eigenvalue weighted by Gasteiger charge is -2.28. The molecule has 0 amide bonds. The molecule has 6 nitrogen and oxygen atoms in total. The Labute approximate surface area is 173 Å². The summed E-state index contributed by atoms with van der Waals surface area (Å²) < 4.78 is 31.7. The van der Waals surface area contributed by atoms with E-state index >= 15 is 0 Å². The molecule has 0 aliphatic heterocycles. The summed E-state index contributed by atoms with van der Waals surface area (Å²) >= 11 is 0. The lowest BCUT2D eigenvalue weighted by Crippen LogP contribution is -2.22. The quantitative estimate of drug-likeness (QED) is 0.662. The van der Waals surface area contributed by atoms with Crippen LogP contribution in [0.5, 0.6) is 5.75 Å². The molecule has 0 atom stereocenters. The van der Waals surface area contributed by atoms with Crippen molar-refractivity contribution in [1.29, 1.82) is 5.26 Å². The molecule has 0 aliphatic carbocycles. The van der Waals surface area contributed by atoms with Gasteiger partial charge in [-0.2, -0.15) is 5.26 Å². The SMILES string of the molecule is C=C(c1ccc(NS(=O)(=O)CC)c(C)c1)N(CC)c1cc(OC)ccc1CC#N. The Hall–Kier alpha value is -2.98. The van der Waals surface area contributed by atoms with Crippen LogP contribution in [0, 0.1) is 18.3 Å². The van der Waals surface area contributed by atoms with Gasteiger partial charge in [0, 0.05) is 24.0 Å². The molecule has 1 N–H and O–H groups in total. The predicted molar refractivity (Wildman–Crippen MR) is 119 cm³/mol. The zero-order valence-corrected chi connectivity index (χ0v) is 18.1. The first-order valence-electron chi connectivity index (χ1n) is 9.38. The topological polar surface area (TPSA) is 82.4 Å². The number of rotatable bonds is 9. The number of hydrogen-bond donors (Lipinski definition) is 1. The van der Waals surface area contributed by atoms with Crippen LogP contribution in [0.2, 0.25) is 0 Å². The average molecular weight is 414 g/mol. The first-order valence-corrected chi connectivity index (χ1v) is 11.0. The first kappa shape index (κ1) is 22.3. The second-order valence-electron chi connectivity index (χ2n) is 6.56. The molecule has 2 aromatic carbocycles. The minimum atomic E-state index is -3.34. The van der Waals surface area contributed by atoms with Gasteiger partial charge in [-0.15, -0.1) is 0 Å². The van der Waals surface area contributed by atoms with Crippen LogP contribution in [0.1, 0.15) is 30.5 Å². The Bertz CT molecular complexity index is 1040. The molecule has 0 bridgehead atoms. The fourth-order valence-corrected chi connectivity index (χ4v) is 3.72.